The zero-order chi connectivity index (χ0) is 13.8. The fourth-order valence-corrected chi connectivity index (χ4v) is 1.18. The number of nitrogens with one attached hydrogen (secondary N) is 1. The van der Waals surface area contributed by atoms with E-state index in [2.05, 4.69) is 4.99 Å². The normalized spacial score (nSPS) is 13.8. The number of rotatable bonds is 4. The minimum absolute atomic E-state index is 0.204. The van der Waals surface area contributed by atoms with Gasteiger partial charge in [-0.1, -0.05) is 12.1 Å². The Morgan fingerprint density at radius 2 is 1.94 bits per heavy atom. The van der Waals surface area contributed by atoms with Gasteiger partial charge in [-0.25, -0.2) is 0 Å². The van der Waals surface area contributed by atoms with Crippen molar-refractivity contribution in [3.05, 3.63) is 35.4 Å². The van der Waals surface area contributed by atoms with Gasteiger partial charge in [0.2, 0.25) is 5.91 Å². The Labute approximate surface area is 100 Å². The number of halogens is 3. The number of nitrogens with zero attached hydrogens (tertiary/aromatic N) is 1. The minimum atomic E-state index is -4.57. The highest BCUT2D eigenvalue weighted by molar-refractivity contribution is 5.92. The molecule has 98 valence electrons. The van der Waals surface area contributed by atoms with Crippen LogP contribution in [0.4, 0.5) is 13.2 Å². The molecule has 1 aromatic rings. The monoisotopic (exact) mass is 261 g/mol. The second-order valence-corrected chi connectivity index (χ2v) is 3.34. The molecule has 18 heavy (non-hydrogen) atoms. The van der Waals surface area contributed by atoms with Crippen molar-refractivity contribution in [2.75, 3.05) is 0 Å². The molecule has 0 aromatic heterocycles. The fraction of sp³-hybridized carbons (Fsp3) is 0.200. The van der Waals surface area contributed by atoms with Crippen LogP contribution in [-0.2, 0) is 0 Å². The number of alkyl halides is 3. The minimum Gasteiger partial charge on any atom is -0.366 e. The maximum atomic E-state index is 11.9. The van der Waals surface area contributed by atoms with Gasteiger partial charge >= 0.3 is 6.18 Å². The zero-order valence-corrected chi connectivity index (χ0v) is 8.98. The van der Waals surface area contributed by atoms with E-state index in [0.29, 0.717) is 0 Å². The highest BCUT2D eigenvalue weighted by atomic mass is 19.4. The van der Waals surface area contributed by atoms with E-state index in [4.69, 9.17) is 10.9 Å². The fourth-order valence-electron chi connectivity index (χ4n) is 1.18. The first kappa shape index (κ1) is 14.1. The van der Waals surface area contributed by atoms with E-state index >= 15 is 0 Å². The predicted molar refractivity (Wildman–Crippen MR) is 57.2 cm³/mol. The van der Waals surface area contributed by atoms with Crippen molar-refractivity contribution in [2.24, 2.45) is 10.7 Å². The first-order valence-corrected chi connectivity index (χ1v) is 4.74. The molecule has 0 saturated carbocycles. The van der Waals surface area contributed by atoms with E-state index in [9.17, 15) is 18.0 Å². The molecule has 0 spiro atoms. The number of amides is 1. The first-order valence-electron chi connectivity index (χ1n) is 4.74. The molecule has 0 radical (unpaired) electrons. The predicted octanol–water partition coefficient (Wildman–Crippen LogP) is 1.40. The van der Waals surface area contributed by atoms with Gasteiger partial charge in [-0.15, -0.1) is 0 Å². The van der Waals surface area contributed by atoms with Gasteiger partial charge in [-0.2, -0.15) is 18.7 Å². The van der Waals surface area contributed by atoms with E-state index in [-0.39, 0.29) is 17.3 Å². The van der Waals surface area contributed by atoms with Gasteiger partial charge < -0.3 is 10.9 Å². The maximum Gasteiger partial charge on any atom is 0.426 e. The van der Waals surface area contributed by atoms with Crippen LogP contribution >= 0.6 is 0 Å². The SMILES string of the molecule is NC(=O)c1ccc(C(N=CC(F)(F)F)NO)cc1. The molecule has 1 aromatic carbocycles. The number of hydrogen-bond donors (Lipinski definition) is 3. The molecule has 1 unspecified atom stereocenters. The summed E-state index contributed by atoms with van der Waals surface area (Å²) in [5.41, 5.74) is 7.09. The van der Waals surface area contributed by atoms with Crippen LogP contribution in [0.1, 0.15) is 22.1 Å². The Hall–Kier alpha value is -1.93. The molecule has 0 fully saturated rings. The van der Waals surface area contributed by atoms with Gasteiger partial charge in [0.1, 0.15) is 12.4 Å². The highest BCUT2D eigenvalue weighted by Gasteiger charge is 2.24. The van der Waals surface area contributed by atoms with Crippen molar-refractivity contribution in [1.82, 2.24) is 5.48 Å². The molecule has 1 amide bonds. The molecule has 0 aliphatic carbocycles. The number of hydroxylamine groups is 1. The zero-order valence-electron chi connectivity index (χ0n) is 8.98. The molecule has 8 heteroatoms. The molecule has 1 rings (SSSR count). The van der Waals surface area contributed by atoms with Crippen molar-refractivity contribution in [2.45, 2.75) is 12.3 Å². The molecule has 0 aliphatic heterocycles. The molecule has 0 aliphatic rings. The Morgan fingerprint density at radius 3 is 2.33 bits per heavy atom. The van der Waals surface area contributed by atoms with E-state index in [0.717, 1.165) is 0 Å². The van der Waals surface area contributed by atoms with Crippen LogP contribution in [0.2, 0.25) is 0 Å². The summed E-state index contributed by atoms with van der Waals surface area (Å²) >= 11 is 0. The highest BCUT2D eigenvalue weighted by Crippen LogP contribution is 2.17. The lowest BCUT2D eigenvalue weighted by Gasteiger charge is -2.11. The third-order valence-corrected chi connectivity index (χ3v) is 2.00. The van der Waals surface area contributed by atoms with Crippen LogP contribution in [0.25, 0.3) is 0 Å². The van der Waals surface area contributed by atoms with Gasteiger partial charge in [-0.05, 0) is 17.7 Å². The largest absolute Gasteiger partial charge is 0.426 e. The molecule has 4 N–H and O–H groups in total. The second-order valence-electron chi connectivity index (χ2n) is 3.34. The van der Waals surface area contributed by atoms with Crippen LogP contribution in [0.15, 0.2) is 29.3 Å². The van der Waals surface area contributed by atoms with Crippen molar-refractivity contribution in [3.63, 3.8) is 0 Å². The van der Waals surface area contributed by atoms with E-state index in [1.54, 1.807) is 5.48 Å². The standard InChI is InChI=1S/C10H10F3N3O2/c11-10(12,13)5-15-9(16-18)7-3-1-6(2-4-7)8(14)17/h1-5,9,16,18H,(H2,14,17). The second kappa shape index (κ2) is 5.61. The Bertz CT molecular complexity index is 443. The average Bonchev–Trinajstić information content (AvgIpc) is 2.29. The smallest absolute Gasteiger partial charge is 0.366 e. The van der Waals surface area contributed by atoms with Gasteiger partial charge in [0.15, 0.2) is 0 Å². The summed E-state index contributed by atoms with van der Waals surface area (Å²) in [6, 6.07) is 5.32. The van der Waals surface area contributed by atoms with Gasteiger partial charge in [0.25, 0.3) is 0 Å². The summed E-state index contributed by atoms with van der Waals surface area (Å²) in [5.74, 6) is -0.658. The van der Waals surface area contributed by atoms with E-state index < -0.39 is 18.2 Å². The summed E-state index contributed by atoms with van der Waals surface area (Å²) in [6.45, 7) is 0. The quantitative estimate of drug-likeness (QED) is 0.565. The van der Waals surface area contributed by atoms with Crippen molar-refractivity contribution < 1.29 is 23.2 Å². The lowest BCUT2D eigenvalue weighted by molar-refractivity contribution is -0.0542. The summed E-state index contributed by atoms with van der Waals surface area (Å²) in [7, 11) is 0. The third kappa shape index (κ3) is 4.15. The Kier molecular flexibility index (Phi) is 4.40. The molecule has 0 bridgehead atoms. The molecule has 0 saturated heterocycles. The number of primary amides is 1. The lowest BCUT2D eigenvalue weighted by Crippen LogP contribution is -2.18. The van der Waals surface area contributed by atoms with Crippen LogP contribution in [-0.4, -0.2) is 23.5 Å². The van der Waals surface area contributed by atoms with E-state index in [1.807, 2.05) is 0 Å². The molecular formula is C10H10F3N3O2. The van der Waals surface area contributed by atoms with Crippen LogP contribution in [0.5, 0.6) is 0 Å². The maximum absolute atomic E-state index is 11.9. The van der Waals surface area contributed by atoms with Crippen LogP contribution < -0.4 is 11.2 Å². The number of carbonyl (C=O) groups is 1. The Balaban J connectivity index is 2.89. The lowest BCUT2D eigenvalue weighted by atomic mass is 10.1. The summed E-state index contributed by atoms with van der Waals surface area (Å²) in [5, 5.41) is 8.73. The molecular weight excluding hydrogens is 251 g/mol. The van der Waals surface area contributed by atoms with Crippen molar-refractivity contribution in [1.29, 1.82) is 0 Å². The van der Waals surface area contributed by atoms with Crippen molar-refractivity contribution in [3.8, 4) is 0 Å². The molecule has 0 heterocycles. The number of nitrogens with two attached hydrogens (primary N) is 1. The van der Waals surface area contributed by atoms with E-state index in [1.165, 1.54) is 24.3 Å². The molecule has 1 atom stereocenters. The van der Waals surface area contributed by atoms with Gasteiger partial charge in [0, 0.05) is 5.56 Å². The first-order chi connectivity index (χ1) is 8.33. The van der Waals surface area contributed by atoms with Crippen LogP contribution in [0.3, 0.4) is 0 Å². The third-order valence-electron chi connectivity index (χ3n) is 2.00. The number of benzene rings is 1. The van der Waals surface area contributed by atoms with Gasteiger partial charge in [-0.3, -0.25) is 9.79 Å². The number of hydrogen-bond acceptors (Lipinski definition) is 4. The topological polar surface area (TPSA) is 87.7 Å². The summed E-state index contributed by atoms with van der Waals surface area (Å²) in [4.78, 5) is 13.9. The van der Waals surface area contributed by atoms with Crippen molar-refractivity contribution >= 4 is 12.1 Å². The summed E-state index contributed by atoms with van der Waals surface area (Å²) in [6.07, 6.45) is -6.07. The average molecular weight is 261 g/mol. The Morgan fingerprint density at radius 1 is 1.39 bits per heavy atom. The van der Waals surface area contributed by atoms with Crippen LogP contribution in [0, 0.1) is 0 Å². The number of carbonyl (C=O) groups excluding carboxylic acids is 1. The molecule has 5 nitrogen and oxygen atoms in total. The van der Waals surface area contributed by atoms with Gasteiger partial charge in [0.05, 0.1) is 0 Å². The summed E-state index contributed by atoms with van der Waals surface area (Å²) < 4.78 is 35.8. The number of aliphatic imine (C=N–C) groups is 1.